The first-order valence-electron chi connectivity index (χ1n) is 6.80. The van der Waals surface area contributed by atoms with Crippen LogP contribution in [0.15, 0.2) is 0 Å². The van der Waals surface area contributed by atoms with Gasteiger partial charge < -0.3 is 10.2 Å². The highest BCUT2D eigenvalue weighted by atomic mass is 16.4. The number of carboxylic acid groups (broad SMARTS) is 1. The minimum Gasteiger partial charge on any atom is -0.481 e. The highest BCUT2D eigenvalue weighted by molar-refractivity contribution is 5.67. The van der Waals surface area contributed by atoms with Gasteiger partial charge in [0, 0.05) is 12.6 Å². The lowest BCUT2D eigenvalue weighted by molar-refractivity contribution is -0.138. The number of carboxylic acids is 1. The van der Waals surface area contributed by atoms with Crippen molar-refractivity contribution in [3.8, 4) is 0 Å². The van der Waals surface area contributed by atoms with Crippen LogP contribution in [-0.2, 0) is 4.79 Å². The third-order valence-corrected chi connectivity index (χ3v) is 3.51. The van der Waals surface area contributed by atoms with E-state index in [-0.39, 0.29) is 19.1 Å². The molecular formula is C13H25NO3. The first-order valence-corrected chi connectivity index (χ1v) is 6.80. The molecule has 0 aliphatic carbocycles. The molecule has 1 atom stereocenters. The van der Waals surface area contributed by atoms with Gasteiger partial charge in [0.05, 0.1) is 6.42 Å². The molecule has 1 fully saturated rings. The first-order chi connectivity index (χ1) is 8.24. The second-order valence-corrected chi connectivity index (χ2v) is 4.92. The Labute approximate surface area is 104 Å². The zero-order valence-corrected chi connectivity index (χ0v) is 10.6. The Morgan fingerprint density at radius 3 is 2.65 bits per heavy atom. The van der Waals surface area contributed by atoms with Crippen molar-refractivity contribution in [2.75, 3.05) is 19.7 Å². The van der Waals surface area contributed by atoms with Crippen LogP contribution in [0, 0.1) is 0 Å². The lowest BCUT2D eigenvalue weighted by atomic mass is 9.99. The lowest BCUT2D eigenvalue weighted by Gasteiger charge is -2.34. The predicted molar refractivity (Wildman–Crippen MR) is 67.0 cm³/mol. The van der Waals surface area contributed by atoms with Crippen LogP contribution in [0.4, 0.5) is 0 Å². The molecule has 1 unspecified atom stereocenters. The molecule has 0 amide bonds. The van der Waals surface area contributed by atoms with Gasteiger partial charge in [-0.15, -0.1) is 0 Å². The third kappa shape index (κ3) is 6.03. The molecule has 4 nitrogen and oxygen atoms in total. The maximum Gasteiger partial charge on any atom is 0.304 e. The van der Waals surface area contributed by atoms with Gasteiger partial charge in [0.25, 0.3) is 0 Å². The molecule has 1 heterocycles. The molecule has 100 valence electrons. The van der Waals surface area contributed by atoms with Crippen LogP contribution in [0.3, 0.4) is 0 Å². The van der Waals surface area contributed by atoms with Gasteiger partial charge in [-0.2, -0.15) is 0 Å². The second-order valence-electron chi connectivity index (χ2n) is 4.92. The largest absolute Gasteiger partial charge is 0.481 e. The van der Waals surface area contributed by atoms with E-state index in [4.69, 9.17) is 10.2 Å². The van der Waals surface area contributed by atoms with Crippen LogP contribution in [0.2, 0.25) is 0 Å². The molecule has 1 rings (SSSR count). The third-order valence-electron chi connectivity index (χ3n) is 3.51. The average Bonchev–Trinajstić information content (AvgIpc) is 2.30. The molecule has 0 aromatic rings. The number of unbranched alkanes of at least 4 members (excludes halogenated alkanes) is 3. The Morgan fingerprint density at radius 1 is 1.18 bits per heavy atom. The van der Waals surface area contributed by atoms with E-state index in [2.05, 4.69) is 4.90 Å². The number of carbonyl (C=O) groups is 1. The smallest absolute Gasteiger partial charge is 0.304 e. The number of hydrogen-bond donors (Lipinski definition) is 2. The molecular weight excluding hydrogens is 218 g/mol. The van der Waals surface area contributed by atoms with E-state index in [9.17, 15) is 4.79 Å². The normalized spacial score (nSPS) is 21.6. The Bertz CT molecular complexity index is 221. The fourth-order valence-electron chi connectivity index (χ4n) is 2.57. The minimum absolute atomic E-state index is 0.249. The monoisotopic (exact) mass is 243 g/mol. The summed E-state index contributed by atoms with van der Waals surface area (Å²) in [5.74, 6) is -0.679. The van der Waals surface area contributed by atoms with Crippen LogP contribution in [0.1, 0.15) is 51.4 Å². The van der Waals surface area contributed by atoms with Crippen LogP contribution in [0.25, 0.3) is 0 Å². The van der Waals surface area contributed by atoms with Gasteiger partial charge in [0.2, 0.25) is 0 Å². The maximum atomic E-state index is 10.8. The minimum atomic E-state index is -0.679. The van der Waals surface area contributed by atoms with Crippen molar-refractivity contribution in [2.45, 2.75) is 57.4 Å². The van der Waals surface area contributed by atoms with Gasteiger partial charge in [-0.3, -0.25) is 9.69 Å². The fourth-order valence-corrected chi connectivity index (χ4v) is 2.57. The molecule has 0 aromatic heterocycles. The second kappa shape index (κ2) is 8.48. The Balaban J connectivity index is 2.20. The summed E-state index contributed by atoms with van der Waals surface area (Å²) in [7, 11) is 0. The van der Waals surface area contributed by atoms with Crippen LogP contribution >= 0.6 is 0 Å². The van der Waals surface area contributed by atoms with E-state index in [1.54, 1.807) is 0 Å². The molecule has 1 saturated heterocycles. The maximum absolute atomic E-state index is 10.8. The number of nitrogens with zero attached hydrogens (tertiary/aromatic N) is 1. The molecule has 1 aliphatic heterocycles. The Hall–Kier alpha value is -0.610. The predicted octanol–water partition coefficient (Wildman–Crippen LogP) is 1.87. The van der Waals surface area contributed by atoms with Crippen molar-refractivity contribution in [3.05, 3.63) is 0 Å². The molecule has 4 heteroatoms. The van der Waals surface area contributed by atoms with Crippen LogP contribution < -0.4 is 0 Å². The van der Waals surface area contributed by atoms with Gasteiger partial charge in [0.1, 0.15) is 0 Å². The number of rotatable bonds is 8. The zero-order valence-electron chi connectivity index (χ0n) is 10.6. The number of aliphatic hydroxyl groups excluding tert-OH is 1. The molecule has 0 aromatic carbocycles. The highest BCUT2D eigenvalue weighted by Crippen LogP contribution is 2.20. The number of aliphatic carboxylic acids is 1. The summed E-state index contributed by atoms with van der Waals surface area (Å²) in [6, 6.07) is 0.249. The molecule has 0 radical (unpaired) electrons. The lowest BCUT2D eigenvalue weighted by Crippen LogP contribution is -2.41. The van der Waals surface area contributed by atoms with Crippen molar-refractivity contribution in [3.63, 3.8) is 0 Å². The summed E-state index contributed by atoms with van der Waals surface area (Å²) in [5.41, 5.74) is 0. The van der Waals surface area contributed by atoms with Gasteiger partial charge in [-0.05, 0) is 38.8 Å². The van der Waals surface area contributed by atoms with Crippen molar-refractivity contribution >= 4 is 5.97 Å². The van der Waals surface area contributed by atoms with E-state index >= 15 is 0 Å². The molecule has 1 aliphatic rings. The Morgan fingerprint density at radius 2 is 1.94 bits per heavy atom. The van der Waals surface area contributed by atoms with Gasteiger partial charge in [-0.1, -0.05) is 19.3 Å². The standard InChI is InChI=1S/C13H25NO3/c15-10-6-2-1-4-8-14-9-5-3-7-12(14)11-13(16)17/h12,15H,1-11H2,(H,16,17). The molecule has 17 heavy (non-hydrogen) atoms. The van der Waals surface area contributed by atoms with E-state index in [1.165, 1.54) is 12.8 Å². The van der Waals surface area contributed by atoms with E-state index < -0.39 is 5.97 Å². The summed E-state index contributed by atoms with van der Waals surface area (Å²) in [6.45, 7) is 2.35. The number of piperidine rings is 1. The van der Waals surface area contributed by atoms with Crippen LogP contribution in [-0.4, -0.2) is 46.8 Å². The van der Waals surface area contributed by atoms with Crippen molar-refractivity contribution in [2.24, 2.45) is 0 Å². The average molecular weight is 243 g/mol. The summed E-state index contributed by atoms with van der Waals surface area (Å²) in [5, 5.41) is 17.6. The summed E-state index contributed by atoms with van der Waals surface area (Å²) in [4.78, 5) is 13.1. The van der Waals surface area contributed by atoms with E-state index in [1.807, 2.05) is 0 Å². The summed E-state index contributed by atoms with van der Waals surface area (Å²) < 4.78 is 0. The fraction of sp³-hybridized carbons (Fsp3) is 0.923. The van der Waals surface area contributed by atoms with E-state index in [0.29, 0.717) is 0 Å². The quantitative estimate of drug-likeness (QED) is 0.639. The highest BCUT2D eigenvalue weighted by Gasteiger charge is 2.23. The first kappa shape index (κ1) is 14.5. The number of aliphatic hydroxyl groups is 1. The summed E-state index contributed by atoms with van der Waals surface area (Å²) in [6.07, 6.45) is 7.91. The van der Waals surface area contributed by atoms with Crippen molar-refractivity contribution < 1.29 is 15.0 Å². The topological polar surface area (TPSA) is 60.8 Å². The van der Waals surface area contributed by atoms with Gasteiger partial charge >= 0.3 is 5.97 Å². The van der Waals surface area contributed by atoms with E-state index in [0.717, 1.165) is 45.2 Å². The SMILES string of the molecule is O=C(O)CC1CCCCN1CCCCCCO. The number of likely N-dealkylation sites (tertiary alicyclic amines) is 1. The summed E-state index contributed by atoms with van der Waals surface area (Å²) >= 11 is 0. The van der Waals surface area contributed by atoms with Crippen molar-refractivity contribution in [1.82, 2.24) is 4.90 Å². The number of hydrogen-bond acceptors (Lipinski definition) is 3. The van der Waals surface area contributed by atoms with Gasteiger partial charge in [-0.25, -0.2) is 0 Å². The molecule has 0 saturated carbocycles. The van der Waals surface area contributed by atoms with Crippen molar-refractivity contribution in [1.29, 1.82) is 0 Å². The Kier molecular flexibility index (Phi) is 7.21. The van der Waals surface area contributed by atoms with Gasteiger partial charge in [0.15, 0.2) is 0 Å². The molecule has 0 spiro atoms. The zero-order chi connectivity index (χ0) is 12.5. The molecule has 0 bridgehead atoms. The molecule has 2 N–H and O–H groups in total. The van der Waals surface area contributed by atoms with Crippen LogP contribution in [0.5, 0.6) is 0 Å².